The van der Waals surface area contributed by atoms with Crippen LogP contribution in [-0.4, -0.2) is 37.8 Å². The molecule has 1 aliphatic heterocycles. The fourth-order valence-electron chi connectivity index (χ4n) is 2.99. The molecule has 3 rings (SSSR count). The molecule has 0 aromatic heterocycles. The topological polar surface area (TPSA) is 82.1 Å². The first-order valence-corrected chi connectivity index (χ1v) is 8.82. The third-order valence-electron chi connectivity index (χ3n) is 4.18. The van der Waals surface area contributed by atoms with E-state index in [1.165, 1.54) is 30.3 Å². The number of ether oxygens (including phenoxy) is 3. The highest BCUT2D eigenvalue weighted by atomic mass is 35.5. The van der Waals surface area contributed by atoms with E-state index in [0.29, 0.717) is 0 Å². The number of para-hydroxylation sites is 1. The normalized spacial score (nSPS) is 18.1. The lowest BCUT2D eigenvalue weighted by molar-refractivity contribution is -0.166. The van der Waals surface area contributed by atoms with Crippen molar-refractivity contribution in [2.24, 2.45) is 0 Å². The first-order chi connectivity index (χ1) is 13.3. The number of hydrogen-bond donors (Lipinski definition) is 0. The number of rotatable bonds is 4. The molecule has 7 nitrogen and oxygen atoms in total. The number of carbonyl (C=O) groups excluding carboxylic acids is 3. The van der Waals surface area contributed by atoms with Gasteiger partial charge in [0.05, 0.1) is 25.5 Å². The maximum atomic E-state index is 13.3. The largest absolute Gasteiger partial charge is 0.469 e. The lowest BCUT2D eigenvalue weighted by Crippen LogP contribution is -2.65. The number of halogens is 2. The lowest BCUT2D eigenvalue weighted by Gasteiger charge is -2.44. The molecule has 0 fully saturated rings. The zero-order valence-corrected chi connectivity index (χ0v) is 16.4. The third-order valence-corrected chi connectivity index (χ3v) is 4.62. The van der Waals surface area contributed by atoms with E-state index in [2.05, 4.69) is 0 Å². The van der Waals surface area contributed by atoms with E-state index in [1.54, 1.807) is 12.1 Å². The second kappa shape index (κ2) is 7.69. The Bertz CT molecular complexity index is 943. The molecule has 28 heavy (non-hydrogen) atoms. The van der Waals surface area contributed by atoms with E-state index in [-0.39, 0.29) is 27.0 Å². The Morgan fingerprint density at radius 3 is 2.32 bits per heavy atom. The monoisotopic (exact) mass is 423 g/mol. The van der Waals surface area contributed by atoms with Gasteiger partial charge in [-0.25, -0.2) is 4.79 Å². The Kier molecular flexibility index (Phi) is 5.49. The van der Waals surface area contributed by atoms with E-state index in [1.807, 2.05) is 0 Å². The summed E-state index contributed by atoms with van der Waals surface area (Å²) >= 11 is 12.2. The van der Waals surface area contributed by atoms with Crippen LogP contribution in [0.25, 0.3) is 0 Å². The van der Waals surface area contributed by atoms with E-state index in [0.717, 1.165) is 19.1 Å². The molecule has 1 heterocycles. The molecule has 146 valence electrons. The molecule has 1 aliphatic rings. The minimum absolute atomic E-state index is 0.131. The Labute approximate surface area is 170 Å². The van der Waals surface area contributed by atoms with Crippen molar-refractivity contribution >= 4 is 46.7 Å². The van der Waals surface area contributed by atoms with Crippen LogP contribution in [0.3, 0.4) is 0 Å². The van der Waals surface area contributed by atoms with Crippen molar-refractivity contribution in [3.05, 3.63) is 58.1 Å². The van der Waals surface area contributed by atoms with Crippen LogP contribution in [0.15, 0.2) is 42.5 Å². The molecule has 0 saturated heterocycles. The Balaban J connectivity index is 2.29. The van der Waals surface area contributed by atoms with E-state index in [9.17, 15) is 14.4 Å². The summed E-state index contributed by atoms with van der Waals surface area (Å²) in [7, 11) is 2.28. The third kappa shape index (κ3) is 3.39. The quantitative estimate of drug-likeness (QED) is 0.700. The average molecular weight is 424 g/mol. The summed E-state index contributed by atoms with van der Waals surface area (Å²) in [6.07, 6.45) is -0.611. The van der Waals surface area contributed by atoms with Crippen molar-refractivity contribution in [3.8, 4) is 5.75 Å². The fourth-order valence-corrected chi connectivity index (χ4v) is 3.50. The number of fused-ring (bicyclic) bond motifs is 1. The summed E-state index contributed by atoms with van der Waals surface area (Å²) < 4.78 is 15.5. The van der Waals surface area contributed by atoms with E-state index in [4.69, 9.17) is 37.4 Å². The maximum absolute atomic E-state index is 13.3. The number of esters is 2. The number of hydrogen-bond acceptors (Lipinski definition) is 6. The van der Waals surface area contributed by atoms with Gasteiger partial charge in [-0.15, -0.1) is 0 Å². The van der Waals surface area contributed by atoms with Gasteiger partial charge >= 0.3 is 11.9 Å². The van der Waals surface area contributed by atoms with Gasteiger partial charge in [-0.05, 0) is 30.3 Å². The highest BCUT2D eigenvalue weighted by Gasteiger charge is 2.56. The van der Waals surface area contributed by atoms with Crippen molar-refractivity contribution in [2.45, 2.75) is 12.1 Å². The molecule has 2 aromatic carbocycles. The van der Waals surface area contributed by atoms with Gasteiger partial charge in [0.15, 0.2) is 0 Å². The fraction of sp³-hybridized carbons (Fsp3) is 0.211. The Hall–Kier alpha value is -2.77. The van der Waals surface area contributed by atoms with Crippen molar-refractivity contribution in [2.75, 3.05) is 19.1 Å². The van der Waals surface area contributed by atoms with Crippen LogP contribution >= 0.6 is 23.2 Å². The second-order valence-corrected chi connectivity index (χ2v) is 6.77. The van der Waals surface area contributed by atoms with Crippen LogP contribution in [0.4, 0.5) is 5.69 Å². The molecule has 0 saturated carbocycles. The van der Waals surface area contributed by atoms with E-state index < -0.39 is 30.0 Å². The van der Waals surface area contributed by atoms with E-state index >= 15 is 0 Å². The van der Waals surface area contributed by atoms with Gasteiger partial charge in [-0.1, -0.05) is 35.3 Å². The SMILES string of the molecule is COC(=O)C[C@@]1(C(=O)OC)Oc2ccccc2C(=O)N1c1cc(Cl)cc(Cl)c1. The Morgan fingerprint density at radius 1 is 1.07 bits per heavy atom. The summed E-state index contributed by atoms with van der Waals surface area (Å²) in [5, 5.41) is 0.456. The highest BCUT2D eigenvalue weighted by Crippen LogP contribution is 2.41. The maximum Gasteiger partial charge on any atom is 0.373 e. The zero-order valence-electron chi connectivity index (χ0n) is 14.9. The summed E-state index contributed by atoms with van der Waals surface area (Å²) in [5.41, 5.74) is -1.78. The Morgan fingerprint density at radius 2 is 1.71 bits per heavy atom. The zero-order chi connectivity index (χ0) is 20.5. The number of amides is 1. The molecule has 0 radical (unpaired) electrons. The molecule has 0 aliphatic carbocycles. The molecular formula is C19H15Cl2NO6. The van der Waals surface area contributed by atoms with Crippen molar-refractivity contribution < 1.29 is 28.6 Å². The minimum Gasteiger partial charge on any atom is -0.469 e. The molecule has 9 heteroatoms. The van der Waals surface area contributed by atoms with Gasteiger partial charge in [0.2, 0.25) is 0 Å². The lowest BCUT2D eigenvalue weighted by atomic mass is 9.99. The van der Waals surface area contributed by atoms with Crippen molar-refractivity contribution in [3.63, 3.8) is 0 Å². The van der Waals surface area contributed by atoms with Crippen molar-refractivity contribution in [1.82, 2.24) is 0 Å². The van der Waals surface area contributed by atoms with Gasteiger partial charge in [0.25, 0.3) is 11.6 Å². The van der Waals surface area contributed by atoms with Gasteiger partial charge in [-0.2, -0.15) is 0 Å². The number of benzene rings is 2. The second-order valence-electron chi connectivity index (χ2n) is 5.90. The summed E-state index contributed by atoms with van der Waals surface area (Å²) in [5.74, 6) is -2.20. The molecular weight excluding hydrogens is 409 g/mol. The predicted octanol–water partition coefficient (Wildman–Crippen LogP) is 3.47. The summed E-state index contributed by atoms with van der Waals surface area (Å²) in [6, 6.07) is 10.7. The standard InChI is InChI=1S/C19H15Cl2NO6/c1-26-16(23)10-19(18(25)27-2)22(13-8-11(20)7-12(21)9-13)17(24)14-5-3-4-6-15(14)28-19/h3-9H,10H2,1-2H3/t19-/m0/s1. The molecule has 2 aromatic rings. The number of carbonyl (C=O) groups is 3. The van der Waals surface area contributed by atoms with Crippen LogP contribution in [-0.2, 0) is 19.1 Å². The number of methoxy groups -OCH3 is 2. The van der Waals surface area contributed by atoms with Gasteiger partial charge in [0, 0.05) is 10.0 Å². The van der Waals surface area contributed by atoms with Crippen LogP contribution < -0.4 is 9.64 Å². The van der Waals surface area contributed by atoms with Gasteiger partial charge in [0.1, 0.15) is 12.2 Å². The van der Waals surface area contributed by atoms with Gasteiger partial charge in [-0.3, -0.25) is 14.5 Å². The minimum atomic E-state index is -2.14. The number of anilines is 1. The molecule has 0 N–H and O–H groups in total. The van der Waals surface area contributed by atoms with Crippen LogP contribution in [0.1, 0.15) is 16.8 Å². The molecule has 0 bridgehead atoms. The number of nitrogens with zero attached hydrogens (tertiary/aromatic N) is 1. The van der Waals surface area contributed by atoms with Crippen LogP contribution in [0.2, 0.25) is 10.0 Å². The van der Waals surface area contributed by atoms with Crippen LogP contribution in [0, 0.1) is 0 Å². The first-order valence-electron chi connectivity index (χ1n) is 8.06. The van der Waals surface area contributed by atoms with Crippen LogP contribution in [0.5, 0.6) is 5.75 Å². The molecule has 0 unspecified atom stereocenters. The van der Waals surface area contributed by atoms with Gasteiger partial charge < -0.3 is 14.2 Å². The molecule has 1 atom stereocenters. The molecule has 1 amide bonds. The summed E-state index contributed by atoms with van der Waals surface area (Å²) in [6.45, 7) is 0. The smallest absolute Gasteiger partial charge is 0.373 e. The predicted molar refractivity (Wildman–Crippen MR) is 102 cm³/mol. The highest BCUT2D eigenvalue weighted by molar-refractivity contribution is 6.35. The summed E-state index contributed by atoms with van der Waals surface area (Å²) in [4.78, 5) is 39.3. The molecule has 0 spiro atoms. The van der Waals surface area contributed by atoms with Crippen molar-refractivity contribution in [1.29, 1.82) is 0 Å². The first kappa shape index (κ1) is 20.0. The average Bonchev–Trinajstić information content (AvgIpc) is 2.66.